The van der Waals surface area contributed by atoms with Crippen molar-refractivity contribution < 1.29 is 9.53 Å². The zero-order valence-electron chi connectivity index (χ0n) is 15.6. The number of hydrogen-bond donors (Lipinski definition) is 2. The third kappa shape index (κ3) is 5.20. The Labute approximate surface area is 168 Å². The number of rotatable bonds is 7. The van der Waals surface area contributed by atoms with Crippen LogP contribution in [-0.2, 0) is 6.54 Å². The SMILES string of the molecule is CC(C)Oc1ccccc1NC(=O)c1ccc(NCc2ccccc2Cl)nn1. The van der Waals surface area contributed by atoms with Crippen molar-refractivity contribution >= 4 is 29.0 Å². The number of ether oxygens (including phenoxy) is 1. The van der Waals surface area contributed by atoms with Crippen LogP contribution in [0.4, 0.5) is 11.5 Å². The first kappa shape index (κ1) is 19.6. The molecule has 0 aliphatic heterocycles. The molecule has 3 aromatic rings. The molecule has 1 heterocycles. The van der Waals surface area contributed by atoms with Crippen molar-refractivity contribution in [3.63, 3.8) is 0 Å². The number of anilines is 2. The van der Waals surface area contributed by atoms with Gasteiger partial charge in [-0.3, -0.25) is 4.79 Å². The van der Waals surface area contributed by atoms with Crippen molar-refractivity contribution in [1.82, 2.24) is 10.2 Å². The fourth-order valence-corrected chi connectivity index (χ4v) is 2.69. The van der Waals surface area contributed by atoms with Gasteiger partial charge in [-0.2, -0.15) is 0 Å². The van der Waals surface area contributed by atoms with Crippen molar-refractivity contribution in [2.75, 3.05) is 10.6 Å². The molecule has 1 aromatic heterocycles. The molecule has 144 valence electrons. The second kappa shape index (κ2) is 9.19. The van der Waals surface area contributed by atoms with Crippen molar-refractivity contribution in [2.24, 2.45) is 0 Å². The van der Waals surface area contributed by atoms with E-state index in [2.05, 4.69) is 20.8 Å². The van der Waals surface area contributed by atoms with Gasteiger partial charge in [-0.15, -0.1) is 10.2 Å². The summed E-state index contributed by atoms with van der Waals surface area (Å²) in [6.07, 6.45) is 0.00122. The summed E-state index contributed by atoms with van der Waals surface area (Å²) in [5.41, 5.74) is 1.75. The molecule has 1 amide bonds. The molecule has 0 fully saturated rings. The van der Waals surface area contributed by atoms with Gasteiger partial charge in [-0.1, -0.05) is 41.9 Å². The number of carbonyl (C=O) groups excluding carboxylic acids is 1. The monoisotopic (exact) mass is 396 g/mol. The highest BCUT2D eigenvalue weighted by atomic mass is 35.5. The molecule has 7 heteroatoms. The lowest BCUT2D eigenvalue weighted by atomic mass is 10.2. The Kier molecular flexibility index (Phi) is 6.45. The summed E-state index contributed by atoms with van der Waals surface area (Å²) in [6, 6.07) is 18.2. The van der Waals surface area contributed by atoms with Gasteiger partial charge in [-0.25, -0.2) is 0 Å². The number of nitrogens with one attached hydrogen (secondary N) is 2. The maximum atomic E-state index is 12.5. The first-order valence-corrected chi connectivity index (χ1v) is 9.29. The van der Waals surface area contributed by atoms with E-state index in [0.717, 1.165) is 5.56 Å². The molecule has 0 unspecified atom stereocenters. The summed E-state index contributed by atoms with van der Waals surface area (Å²) in [7, 11) is 0. The van der Waals surface area contributed by atoms with Gasteiger partial charge in [0.15, 0.2) is 5.69 Å². The number of hydrogen-bond acceptors (Lipinski definition) is 5. The minimum absolute atomic E-state index is 0.00122. The predicted molar refractivity (Wildman–Crippen MR) is 111 cm³/mol. The molecule has 0 aliphatic carbocycles. The molecule has 6 nitrogen and oxygen atoms in total. The van der Waals surface area contributed by atoms with Crippen LogP contribution in [0, 0.1) is 0 Å². The van der Waals surface area contributed by atoms with E-state index in [1.165, 1.54) is 0 Å². The average Bonchev–Trinajstić information content (AvgIpc) is 2.69. The Morgan fingerprint density at radius 3 is 2.50 bits per heavy atom. The van der Waals surface area contributed by atoms with Crippen LogP contribution in [0.2, 0.25) is 5.02 Å². The molecule has 2 aromatic carbocycles. The fourth-order valence-electron chi connectivity index (χ4n) is 2.49. The Bertz CT molecular complexity index is 945. The quantitative estimate of drug-likeness (QED) is 0.601. The normalized spacial score (nSPS) is 10.6. The maximum absolute atomic E-state index is 12.5. The van der Waals surface area contributed by atoms with E-state index < -0.39 is 0 Å². The number of carbonyl (C=O) groups is 1. The van der Waals surface area contributed by atoms with E-state index in [9.17, 15) is 4.79 Å². The Balaban J connectivity index is 1.63. The minimum atomic E-state index is -0.357. The van der Waals surface area contributed by atoms with E-state index in [-0.39, 0.29) is 17.7 Å². The number of halogens is 1. The number of nitrogens with zero attached hydrogens (tertiary/aromatic N) is 2. The van der Waals surface area contributed by atoms with Crippen LogP contribution in [0.5, 0.6) is 5.75 Å². The summed E-state index contributed by atoms with van der Waals surface area (Å²) < 4.78 is 5.71. The van der Waals surface area contributed by atoms with Crippen LogP contribution in [-0.4, -0.2) is 22.2 Å². The highest BCUT2D eigenvalue weighted by Gasteiger charge is 2.12. The van der Waals surface area contributed by atoms with E-state index in [1.54, 1.807) is 18.2 Å². The number of para-hydroxylation sites is 2. The lowest BCUT2D eigenvalue weighted by molar-refractivity contribution is 0.102. The predicted octanol–water partition coefficient (Wildman–Crippen LogP) is 4.78. The molecule has 28 heavy (non-hydrogen) atoms. The van der Waals surface area contributed by atoms with Crippen LogP contribution in [0.3, 0.4) is 0 Å². The van der Waals surface area contributed by atoms with Gasteiger partial charge >= 0.3 is 0 Å². The van der Waals surface area contributed by atoms with Gasteiger partial charge in [0, 0.05) is 11.6 Å². The molecule has 2 N–H and O–H groups in total. The Morgan fingerprint density at radius 1 is 1.04 bits per heavy atom. The second-order valence-electron chi connectivity index (χ2n) is 6.37. The van der Waals surface area contributed by atoms with E-state index in [0.29, 0.717) is 28.8 Å². The van der Waals surface area contributed by atoms with Gasteiger partial charge in [0.05, 0.1) is 11.8 Å². The summed E-state index contributed by atoms with van der Waals surface area (Å²) >= 11 is 6.14. The van der Waals surface area contributed by atoms with Crippen molar-refractivity contribution in [3.05, 3.63) is 76.9 Å². The minimum Gasteiger partial charge on any atom is -0.489 e. The lowest BCUT2D eigenvalue weighted by Gasteiger charge is -2.14. The molecule has 0 aliphatic rings. The van der Waals surface area contributed by atoms with Gasteiger partial charge in [-0.05, 0) is 49.7 Å². The van der Waals surface area contributed by atoms with Crippen LogP contribution >= 0.6 is 11.6 Å². The Morgan fingerprint density at radius 2 is 1.79 bits per heavy atom. The molecular formula is C21H21ClN4O2. The van der Waals surface area contributed by atoms with Crippen LogP contribution < -0.4 is 15.4 Å². The van der Waals surface area contributed by atoms with Gasteiger partial charge in [0.2, 0.25) is 0 Å². The summed E-state index contributed by atoms with van der Waals surface area (Å²) in [5.74, 6) is 0.807. The number of benzene rings is 2. The standard InChI is InChI=1S/C21H21ClN4O2/c1-14(2)28-19-10-6-5-9-17(19)24-21(27)18-11-12-20(26-25-18)23-13-15-7-3-4-8-16(15)22/h3-12,14H,13H2,1-2H3,(H,23,26)(H,24,27). The van der Waals surface area contributed by atoms with Gasteiger partial charge < -0.3 is 15.4 Å². The van der Waals surface area contributed by atoms with Gasteiger partial charge in [0.1, 0.15) is 11.6 Å². The van der Waals surface area contributed by atoms with Crippen molar-refractivity contribution in [2.45, 2.75) is 26.5 Å². The first-order valence-electron chi connectivity index (χ1n) is 8.91. The molecule has 0 saturated carbocycles. The maximum Gasteiger partial charge on any atom is 0.276 e. The number of amides is 1. The first-order chi connectivity index (χ1) is 13.5. The zero-order valence-corrected chi connectivity index (χ0v) is 16.4. The van der Waals surface area contributed by atoms with E-state index in [1.807, 2.05) is 56.3 Å². The summed E-state index contributed by atoms with van der Waals surface area (Å²) in [6.45, 7) is 4.37. The highest BCUT2D eigenvalue weighted by molar-refractivity contribution is 6.31. The van der Waals surface area contributed by atoms with E-state index in [4.69, 9.17) is 16.3 Å². The summed E-state index contributed by atoms with van der Waals surface area (Å²) in [5, 5.41) is 14.7. The largest absolute Gasteiger partial charge is 0.489 e. The van der Waals surface area contributed by atoms with Gasteiger partial charge in [0.25, 0.3) is 5.91 Å². The van der Waals surface area contributed by atoms with Crippen LogP contribution in [0.25, 0.3) is 0 Å². The molecule has 0 atom stereocenters. The smallest absolute Gasteiger partial charge is 0.276 e. The molecule has 0 bridgehead atoms. The summed E-state index contributed by atoms with van der Waals surface area (Å²) in [4.78, 5) is 12.5. The average molecular weight is 397 g/mol. The molecule has 0 saturated heterocycles. The third-order valence-corrected chi connectivity index (χ3v) is 4.18. The van der Waals surface area contributed by atoms with Crippen molar-refractivity contribution in [1.29, 1.82) is 0 Å². The highest BCUT2D eigenvalue weighted by Crippen LogP contribution is 2.25. The molecule has 3 rings (SSSR count). The topological polar surface area (TPSA) is 76.1 Å². The Hall–Kier alpha value is -3.12. The van der Waals surface area contributed by atoms with Crippen molar-refractivity contribution in [3.8, 4) is 5.75 Å². The van der Waals surface area contributed by atoms with Crippen LogP contribution in [0.15, 0.2) is 60.7 Å². The van der Waals surface area contributed by atoms with E-state index >= 15 is 0 Å². The number of aromatic nitrogens is 2. The fraction of sp³-hybridized carbons (Fsp3) is 0.190. The molecule has 0 spiro atoms. The van der Waals surface area contributed by atoms with Crippen LogP contribution in [0.1, 0.15) is 29.9 Å². The lowest BCUT2D eigenvalue weighted by Crippen LogP contribution is -2.16. The molecular weight excluding hydrogens is 376 g/mol. The third-order valence-electron chi connectivity index (χ3n) is 3.81. The second-order valence-corrected chi connectivity index (χ2v) is 6.77. The zero-order chi connectivity index (χ0) is 19.9. The molecule has 0 radical (unpaired) electrons.